The lowest BCUT2D eigenvalue weighted by molar-refractivity contribution is 0.0678. The summed E-state index contributed by atoms with van der Waals surface area (Å²) >= 11 is 0. The van der Waals surface area contributed by atoms with Gasteiger partial charge in [0, 0.05) is 12.6 Å². The second-order valence-electron chi connectivity index (χ2n) is 4.09. The number of amides is 1. The van der Waals surface area contributed by atoms with E-state index in [2.05, 4.69) is 5.10 Å². The highest BCUT2D eigenvalue weighted by molar-refractivity contribution is 5.92. The number of rotatable bonds is 2. The van der Waals surface area contributed by atoms with Crippen LogP contribution in [0.15, 0.2) is 58.2 Å². The van der Waals surface area contributed by atoms with Crippen molar-refractivity contribution in [2.45, 2.75) is 12.5 Å². The van der Waals surface area contributed by atoms with Crippen molar-refractivity contribution in [2.24, 2.45) is 5.10 Å². The van der Waals surface area contributed by atoms with Gasteiger partial charge in [-0.25, -0.2) is 5.01 Å². The Balaban J connectivity index is 1.88. The number of carbonyl (C=O) groups excluding carboxylic acids is 1. The van der Waals surface area contributed by atoms with E-state index in [4.69, 9.17) is 4.42 Å². The van der Waals surface area contributed by atoms with Gasteiger partial charge in [-0.1, -0.05) is 30.3 Å². The summed E-state index contributed by atoms with van der Waals surface area (Å²) in [4.78, 5) is 12.2. The molecule has 2 aromatic rings. The maximum Gasteiger partial charge on any atom is 0.310 e. The molecule has 0 aliphatic carbocycles. The minimum absolute atomic E-state index is 0.0381. The van der Waals surface area contributed by atoms with Crippen molar-refractivity contribution in [1.82, 2.24) is 5.01 Å². The molecule has 4 nitrogen and oxygen atoms in total. The first-order valence-corrected chi connectivity index (χ1v) is 5.81. The summed E-state index contributed by atoms with van der Waals surface area (Å²) in [5, 5.41) is 5.63. The topological polar surface area (TPSA) is 45.8 Å². The Bertz CT molecular complexity index is 561. The molecule has 1 atom stereocenters. The van der Waals surface area contributed by atoms with E-state index in [1.54, 1.807) is 18.3 Å². The molecule has 0 unspecified atom stereocenters. The van der Waals surface area contributed by atoms with Gasteiger partial charge in [0.25, 0.3) is 0 Å². The van der Waals surface area contributed by atoms with Crippen molar-refractivity contribution in [1.29, 1.82) is 0 Å². The van der Waals surface area contributed by atoms with Crippen LogP contribution in [0.5, 0.6) is 0 Å². The molecule has 1 aromatic carbocycles. The number of carbonyl (C=O) groups is 1. The van der Waals surface area contributed by atoms with E-state index in [0.29, 0.717) is 5.76 Å². The van der Waals surface area contributed by atoms with Crippen LogP contribution in [0.3, 0.4) is 0 Å². The summed E-state index contributed by atoms with van der Waals surface area (Å²) in [6.45, 7) is 0. The molecule has 0 fully saturated rings. The molecule has 0 N–H and O–H groups in total. The largest absolute Gasteiger partial charge is 0.459 e. The molecule has 90 valence electrons. The highest BCUT2D eigenvalue weighted by atomic mass is 16.3. The first-order valence-electron chi connectivity index (χ1n) is 5.81. The number of hydrazone groups is 1. The minimum Gasteiger partial charge on any atom is -0.459 e. The van der Waals surface area contributed by atoms with Gasteiger partial charge in [0.15, 0.2) is 5.76 Å². The van der Waals surface area contributed by atoms with Crippen molar-refractivity contribution in [3.05, 3.63) is 60.1 Å². The van der Waals surface area contributed by atoms with Crippen molar-refractivity contribution < 1.29 is 9.21 Å². The van der Waals surface area contributed by atoms with E-state index in [1.165, 1.54) is 11.3 Å². The van der Waals surface area contributed by atoms with Gasteiger partial charge in [-0.15, -0.1) is 0 Å². The van der Waals surface area contributed by atoms with Crippen LogP contribution in [0.1, 0.15) is 28.6 Å². The third kappa shape index (κ3) is 1.82. The Hall–Kier alpha value is -2.36. The highest BCUT2D eigenvalue weighted by Crippen LogP contribution is 2.29. The van der Waals surface area contributed by atoms with Gasteiger partial charge < -0.3 is 4.42 Å². The van der Waals surface area contributed by atoms with E-state index in [9.17, 15) is 4.79 Å². The van der Waals surface area contributed by atoms with Crippen molar-refractivity contribution in [2.75, 3.05) is 0 Å². The van der Waals surface area contributed by atoms with Crippen LogP contribution < -0.4 is 0 Å². The number of benzene rings is 1. The Morgan fingerprint density at radius 1 is 1.22 bits per heavy atom. The third-order valence-electron chi connectivity index (χ3n) is 2.95. The standard InChI is InChI=1S/C14H12N2O2/c17-14(13-7-4-10-18-13)16-12(8-9-15-16)11-5-2-1-3-6-11/h1-7,9-10,12H,8H2/t12-/m1/s1. The molecule has 0 saturated carbocycles. The molecule has 18 heavy (non-hydrogen) atoms. The van der Waals surface area contributed by atoms with E-state index in [-0.39, 0.29) is 11.9 Å². The van der Waals surface area contributed by atoms with Gasteiger partial charge in [-0.3, -0.25) is 4.79 Å². The molecule has 1 aliphatic heterocycles. The lowest BCUT2D eigenvalue weighted by Crippen LogP contribution is -2.26. The number of nitrogens with zero attached hydrogens (tertiary/aromatic N) is 2. The predicted molar refractivity (Wildman–Crippen MR) is 67.2 cm³/mol. The second kappa shape index (κ2) is 4.49. The maximum absolute atomic E-state index is 12.2. The van der Waals surface area contributed by atoms with Crippen LogP contribution in [0, 0.1) is 0 Å². The Labute approximate surface area is 105 Å². The summed E-state index contributed by atoms with van der Waals surface area (Å²) in [5.41, 5.74) is 1.08. The normalized spacial score (nSPS) is 18.2. The molecule has 2 heterocycles. The summed E-state index contributed by atoms with van der Waals surface area (Å²) in [6.07, 6.45) is 3.99. The summed E-state index contributed by atoms with van der Waals surface area (Å²) < 4.78 is 5.13. The van der Waals surface area contributed by atoms with Crippen molar-refractivity contribution >= 4 is 12.1 Å². The van der Waals surface area contributed by atoms with Crippen LogP contribution in [-0.2, 0) is 0 Å². The molecule has 0 radical (unpaired) electrons. The molecular weight excluding hydrogens is 228 g/mol. The molecule has 1 aromatic heterocycles. The number of hydrogen-bond donors (Lipinski definition) is 0. The fourth-order valence-corrected chi connectivity index (χ4v) is 2.07. The van der Waals surface area contributed by atoms with E-state index in [0.717, 1.165) is 12.0 Å². The Kier molecular flexibility index (Phi) is 2.68. The van der Waals surface area contributed by atoms with E-state index in [1.807, 2.05) is 30.3 Å². The highest BCUT2D eigenvalue weighted by Gasteiger charge is 2.30. The van der Waals surface area contributed by atoms with Gasteiger partial charge >= 0.3 is 5.91 Å². The van der Waals surface area contributed by atoms with E-state index >= 15 is 0 Å². The Morgan fingerprint density at radius 2 is 2.06 bits per heavy atom. The van der Waals surface area contributed by atoms with E-state index < -0.39 is 0 Å². The first kappa shape index (κ1) is 10.8. The zero-order valence-electron chi connectivity index (χ0n) is 9.69. The summed E-state index contributed by atoms with van der Waals surface area (Å²) in [7, 11) is 0. The number of furan rings is 1. The fourth-order valence-electron chi connectivity index (χ4n) is 2.07. The van der Waals surface area contributed by atoms with Gasteiger partial charge in [-0.05, 0) is 17.7 Å². The minimum atomic E-state index is -0.206. The smallest absolute Gasteiger partial charge is 0.310 e. The SMILES string of the molecule is O=C(c1ccco1)N1N=CC[C@@H]1c1ccccc1. The Morgan fingerprint density at radius 3 is 2.78 bits per heavy atom. The molecule has 0 saturated heterocycles. The van der Waals surface area contributed by atoms with Crippen LogP contribution in [0.4, 0.5) is 0 Å². The van der Waals surface area contributed by atoms with Crippen molar-refractivity contribution in [3.63, 3.8) is 0 Å². The summed E-state index contributed by atoms with van der Waals surface area (Å²) in [5.74, 6) is 0.109. The second-order valence-corrected chi connectivity index (χ2v) is 4.09. The van der Waals surface area contributed by atoms with Crippen LogP contribution >= 0.6 is 0 Å². The average molecular weight is 240 g/mol. The van der Waals surface area contributed by atoms with Gasteiger partial charge in [-0.2, -0.15) is 5.10 Å². The lowest BCUT2D eigenvalue weighted by Gasteiger charge is -2.21. The molecule has 0 spiro atoms. The molecule has 1 aliphatic rings. The molecule has 4 heteroatoms. The van der Waals surface area contributed by atoms with Crippen LogP contribution in [0.25, 0.3) is 0 Å². The maximum atomic E-state index is 12.2. The fraction of sp³-hybridized carbons (Fsp3) is 0.143. The first-order chi connectivity index (χ1) is 8.86. The lowest BCUT2D eigenvalue weighted by atomic mass is 10.0. The van der Waals surface area contributed by atoms with Gasteiger partial charge in [0.05, 0.1) is 12.3 Å². The molecule has 3 rings (SSSR count). The quantitative estimate of drug-likeness (QED) is 0.810. The van der Waals surface area contributed by atoms with Crippen LogP contribution in [0.2, 0.25) is 0 Å². The van der Waals surface area contributed by atoms with Crippen LogP contribution in [-0.4, -0.2) is 17.1 Å². The number of hydrogen-bond acceptors (Lipinski definition) is 3. The zero-order valence-corrected chi connectivity index (χ0v) is 9.69. The van der Waals surface area contributed by atoms with Gasteiger partial charge in [0.1, 0.15) is 0 Å². The molecular formula is C14H12N2O2. The monoisotopic (exact) mass is 240 g/mol. The molecule has 0 bridgehead atoms. The van der Waals surface area contributed by atoms with Gasteiger partial charge in [0.2, 0.25) is 0 Å². The zero-order chi connectivity index (χ0) is 12.4. The molecule has 1 amide bonds. The third-order valence-corrected chi connectivity index (χ3v) is 2.95. The summed E-state index contributed by atoms with van der Waals surface area (Å²) in [6, 6.07) is 13.2. The van der Waals surface area contributed by atoms with Crippen molar-refractivity contribution in [3.8, 4) is 0 Å². The average Bonchev–Trinajstić information content (AvgIpc) is 3.10. The predicted octanol–water partition coefficient (Wildman–Crippen LogP) is 2.85.